The first kappa shape index (κ1) is 27.3. The molecule has 4 saturated carbocycles. The van der Waals surface area contributed by atoms with E-state index < -0.39 is 16.0 Å². The van der Waals surface area contributed by atoms with Crippen LogP contribution in [0, 0.1) is 46.3 Å². The Morgan fingerprint density at radius 3 is 2.37 bits per heavy atom. The first-order chi connectivity index (χ1) is 16.4. The predicted molar refractivity (Wildman–Crippen MR) is 135 cm³/mol. The van der Waals surface area contributed by atoms with E-state index in [1.54, 1.807) is 0 Å². The van der Waals surface area contributed by atoms with Crippen LogP contribution in [0.4, 0.5) is 0 Å². The highest BCUT2D eigenvalue weighted by molar-refractivity contribution is 7.89. The molecule has 202 valence electrons. The third kappa shape index (κ3) is 5.06. The van der Waals surface area contributed by atoms with Gasteiger partial charge in [0.25, 0.3) is 0 Å². The Morgan fingerprint density at radius 1 is 1.00 bits per heavy atom. The summed E-state index contributed by atoms with van der Waals surface area (Å²) in [6, 6.07) is 0. The number of hydrogen-bond donors (Lipinski definition) is 4. The maximum Gasteiger partial charge on any atom is 0.304 e. The summed E-state index contributed by atoms with van der Waals surface area (Å²) in [6.45, 7) is 7.44. The highest BCUT2D eigenvalue weighted by atomic mass is 32.2. The monoisotopic (exact) mass is 513 g/mol. The first-order valence-electron chi connectivity index (χ1n) is 14.0. The summed E-state index contributed by atoms with van der Waals surface area (Å²) in [7, 11) is -3.55. The van der Waals surface area contributed by atoms with Crippen molar-refractivity contribution in [3.63, 3.8) is 0 Å². The van der Waals surface area contributed by atoms with Gasteiger partial charge in [0, 0.05) is 6.54 Å². The van der Waals surface area contributed by atoms with Crippen LogP contribution < -0.4 is 4.72 Å². The van der Waals surface area contributed by atoms with E-state index in [0.29, 0.717) is 36.1 Å². The average molecular weight is 514 g/mol. The largest absolute Gasteiger partial charge is 0.481 e. The smallest absolute Gasteiger partial charge is 0.304 e. The number of carboxylic acids is 1. The molecule has 35 heavy (non-hydrogen) atoms. The minimum atomic E-state index is -3.55. The molecule has 10 atom stereocenters. The minimum absolute atomic E-state index is 0.181. The predicted octanol–water partition coefficient (Wildman–Crippen LogP) is 3.79. The van der Waals surface area contributed by atoms with Gasteiger partial charge in [-0.3, -0.25) is 4.79 Å². The van der Waals surface area contributed by atoms with Crippen LogP contribution in [0.25, 0.3) is 0 Å². The van der Waals surface area contributed by atoms with E-state index in [4.69, 9.17) is 5.11 Å². The third-order valence-electron chi connectivity index (χ3n) is 11.2. The number of hydrogen-bond acceptors (Lipinski definition) is 5. The van der Waals surface area contributed by atoms with Crippen LogP contribution in [0.3, 0.4) is 0 Å². The van der Waals surface area contributed by atoms with Crippen LogP contribution >= 0.6 is 0 Å². The van der Waals surface area contributed by atoms with Crippen LogP contribution in [-0.2, 0) is 14.8 Å². The van der Waals surface area contributed by atoms with Crippen molar-refractivity contribution < 1.29 is 28.5 Å². The molecule has 4 aliphatic rings. The van der Waals surface area contributed by atoms with Gasteiger partial charge in [0.15, 0.2) is 0 Å². The molecule has 0 aromatic carbocycles. The number of nitrogens with one attached hydrogen (secondary N) is 1. The fourth-order valence-corrected chi connectivity index (χ4v) is 10.5. The van der Waals surface area contributed by atoms with Crippen LogP contribution in [0.5, 0.6) is 0 Å². The molecule has 4 fully saturated rings. The number of sulfonamides is 1. The molecule has 8 heteroatoms. The summed E-state index contributed by atoms with van der Waals surface area (Å²) in [5, 5.41) is 30.9. The first-order valence-corrected chi connectivity index (χ1v) is 15.6. The Morgan fingerprint density at radius 2 is 1.69 bits per heavy atom. The van der Waals surface area contributed by atoms with Crippen molar-refractivity contribution >= 4 is 16.0 Å². The Bertz CT molecular complexity index is 879. The molecule has 0 spiro atoms. The van der Waals surface area contributed by atoms with Crippen molar-refractivity contribution in [1.82, 2.24) is 4.72 Å². The molecule has 0 radical (unpaired) electrons. The summed E-state index contributed by atoms with van der Waals surface area (Å²) in [6.07, 6.45) is 9.17. The molecule has 0 bridgehead atoms. The van der Waals surface area contributed by atoms with E-state index in [9.17, 15) is 23.4 Å². The van der Waals surface area contributed by atoms with E-state index in [2.05, 4.69) is 25.5 Å². The number of aliphatic carboxylic acids is 1. The van der Waals surface area contributed by atoms with Gasteiger partial charge in [-0.1, -0.05) is 27.2 Å². The second-order valence-corrected chi connectivity index (χ2v) is 14.6. The molecule has 0 aromatic heterocycles. The lowest BCUT2D eigenvalue weighted by Gasteiger charge is -2.64. The highest BCUT2D eigenvalue weighted by Gasteiger charge is 2.64. The summed E-state index contributed by atoms with van der Waals surface area (Å²) < 4.78 is 26.6. The van der Waals surface area contributed by atoms with Crippen LogP contribution in [-0.4, -0.2) is 54.2 Å². The molecule has 0 aliphatic heterocycles. The van der Waals surface area contributed by atoms with E-state index in [1.165, 1.54) is 6.42 Å². The standard InChI is InChI=1S/C27H47NO6S/c1-4-19-22-16-18(29)9-12-27(22,3)21-10-13-26(2)17(7-8-20(26)24(21)25(19)32)6-5-14-28-35(33,34)15-11-23(30)31/h17-22,24-25,28-29,32H,4-16H2,1-3H3,(H,30,31)/t17-,18+,19+,20-,21-,22-,24-,25+,26+,27+/m0/s1. The number of aliphatic hydroxyl groups is 2. The Balaban J connectivity index is 1.42. The molecule has 4 rings (SSSR count). The second kappa shape index (κ2) is 10.2. The molecule has 0 unspecified atom stereocenters. The van der Waals surface area contributed by atoms with Crippen LogP contribution in [0.15, 0.2) is 0 Å². The van der Waals surface area contributed by atoms with Gasteiger partial charge in [0.2, 0.25) is 10.0 Å². The van der Waals surface area contributed by atoms with Crippen molar-refractivity contribution in [2.45, 2.75) is 104 Å². The molecular formula is C27H47NO6S. The zero-order chi connectivity index (χ0) is 25.6. The SMILES string of the molecule is CC[C@H]1[C@@H](O)[C@@H]2[C@H](CC[C@]3(C)[C@@H](CCCNS(=O)(=O)CCC(=O)O)CC[C@@H]23)[C@@]2(C)CC[C@@H](O)C[C@@H]12. The van der Waals surface area contributed by atoms with Gasteiger partial charge in [0.1, 0.15) is 0 Å². The van der Waals surface area contributed by atoms with Crippen molar-refractivity contribution in [2.75, 3.05) is 12.3 Å². The van der Waals surface area contributed by atoms with Gasteiger partial charge in [-0.2, -0.15) is 0 Å². The van der Waals surface area contributed by atoms with Crippen molar-refractivity contribution in [3.05, 3.63) is 0 Å². The summed E-state index contributed by atoms with van der Waals surface area (Å²) in [5.74, 6) is 1.08. The fourth-order valence-electron chi connectivity index (χ4n) is 9.41. The molecule has 0 saturated heterocycles. The van der Waals surface area contributed by atoms with Gasteiger partial charge < -0.3 is 15.3 Å². The molecule has 4 aliphatic carbocycles. The van der Waals surface area contributed by atoms with E-state index in [1.807, 2.05) is 0 Å². The van der Waals surface area contributed by atoms with Crippen LogP contribution in [0.2, 0.25) is 0 Å². The number of rotatable bonds is 9. The van der Waals surface area contributed by atoms with Crippen molar-refractivity contribution in [3.8, 4) is 0 Å². The maximum absolute atomic E-state index is 12.0. The average Bonchev–Trinajstić information content (AvgIpc) is 3.13. The topological polar surface area (TPSA) is 124 Å². The molecule has 0 aromatic rings. The fraction of sp³-hybridized carbons (Fsp3) is 0.963. The summed E-state index contributed by atoms with van der Waals surface area (Å²) in [5.41, 5.74) is 0.386. The number of carbonyl (C=O) groups is 1. The lowest BCUT2D eigenvalue weighted by Crippen LogP contribution is -2.62. The van der Waals surface area contributed by atoms with E-state index >= 15 is 0 Å². The normalized spacial score (nSPS) is 45.4. The zero-order valence-electron chi connectivity index (χ0n) is 21.8. The number of fused-ring (bicyclic) bond motifs is 5. The molecular weight excluding hydrogens is 466 g/mol. The lowest BCUT2D eigenvalue weighted by atomic mass is 9.41. The zero-order valence-corrected chi connectivity index (χ0v) is 22.6. The molecule has 0 amide bonds. The second-order valence-electron chi connectivity index (χ2n) is 12.7. The molecule has 0 heterocycles. The summed E-state index contributed by atoms with van der Waals surface area (Å²) >= 11 is 0. The van der Waals surface area contributed by atoms with E-state index in [-0.39, 0.29) is 41.1 Å². The van der Waals surface area contributed by atoms with Gasteiger partial charge in [0.05, 0.1) is 24.4 Å². The van der Waals surface area contributed by atoms with Crippen molar-refractivity contribution in [2.24, 2.45) is 46.3 Å². The Kier molecular flexibility index (Phi) is 7.98. The van der Waals surface area contributed by atoms with Gasteiger partial charge in [-0.15, -0.1) is 0 Å². The van der Waals surface area contributed by atoms with Gasteiger partial charge >= 0.3 is 5.97 Å². The van der Waals surface area contributed by atoms with Gasteiger partial charge in [-0.05, 0) is 104 Å². The van der Waals surface area contributed by atoms with Gasteiger partial charge in [-0.25, -0.2) is 13.1 Å². The molecule has 4 N–H and O–H groups in total. The van der Waals surface area contributed by atoms with E-state index in [0.717, 1.165) is 57.8 Å². The summed E-state index contributed by atoms with van der Waals surface area (Å²) in [4.78, 5) is 10.7. The lowest BCUT2D eigenvalue weighted by molar-refractivity contribution is -0.202. The number of aliphatic hydroxyl groups excluding tert-OH is 2. The molecule has 7 nitrogen and oxygen atoms in total. The quantitative estimate of drug-likeness (QED) is 0.348. The number of carboxylic acid groups (broad SMARTS) is 1. The Hall–Kier alpha value is -0.700. The van der Waals surface area contributed by atoms with Crippen LogP contribution in [0.1, 0.15) is 91.4 Å². The third-order valence-corrected chi connectivity index (χ3v) is 12.6. The van der Waals surface area contributed by atoms with Crippen molar-refractivity contribution in [1.29, 1.82) is 0 Å². The Labute approximate surface area is 211 Å². The minimum Gasteiger partial charge on any atom is -0.481 e. The highest BCUT2D eigenvalue weighted by Crippen LogP contribution is 2.69. The maximum atomic E-state index is 12.0.